The Morgan fingerprint density at radius 3 is 1.47 bits per heavy atom. The first-order valence-electron chi connectivity index (χ1n) is 3.77. The largest absolute Gasteiger partial charge is 0.353 e. The van der Waals surface area contributed by atoms with Crippen LogP contribution >= 0.6 is 65.6 Å². The van der Waals surface area contributed by atoms with Crippen molar-refractivity contribution in [1.29, 1.82) is 0 Å². The minimum absolute atomic E-state index is 0.994. The predicted octanol–water partition coefficient (Wildman–Crippen LogP) is 5.10. The minimum Gasteiger partial charge on any atom is -0.270 e. The second kappa shape index (κ2) is 5.49. The third-order valence-electron chi connectivity index (χ3n) is 1.01. The lowest BCUT2D eigenvalue weighted by Gasteiger charge is -2.28. The number of halogens is 5. The van der Waals surface area contributed by atoms with E-state index in [1.165, 1.54) is 20.8 Å². The SMILES string of the molecule is CC(Cl)P(=O)(OC(C)(Cl)Cl)OC(C)(Cl)Cl. The van der Waals surface area contributed by atoms with E-state index in [1.54, 1.807) is 0 Å². The van der Waals surface area contributed by atoms with Gasteiger partial charge in [-0.2, -0.15) is 0 Å². The fraction of sp³-hybridized carbons (Fsp3) is 1.00. The van der Waals surface area contributed by atoms with E-state index >= 15 is 0 Å². The quantitative estimate of drug-likeness (QED) is 0.517. The summed E-state index contributed by atoms with van der Waals surface area (Å²) in [5.41, 5.74) is 0. The molecule has 0 saturated carbocycles. The molecule has 0 heterocycles. The summed E-state index contributed by atoms with van der Waals surface area (Å²) in [6.45, 7) is 3.93. The standard InChI is InChI=1S/C6H10Cl5O3P/c1-4(7)15(12,13-5(2,8)9)14-6(3,10)11/h4H,1-3H3. The molecular weight excluding hydrogens is 328 g/mol. The molecule has 0 aromatic heterocycles. The molecule has 0 amide bonds. The maximum atomic E-state index is 12.0. The highest BCUT2D eigenvalue weighted by atomic mass is 35.5. The Morgan fingerprint density at radius 2 is 1.33 bits per heavy atom. The summed E-state index contributed by atoms with van der Waals surface area (Å²) in [6.07, 6.45) is 0. The Balaban J connectivity index is 4.86. The van der Waals surface area contributed by atoms with E-state index in [0.29, 0.717) is 0 Å². The van der Waals surface area contributed by atoms with Crippen molar-refractivity contribution in [3.63, 3.8) is 0 Å². The zero-order valence-corrected chi connectivity index (χ0v) is 12.8. The van der Waals surface area contributed by atoms with Crippen molar-refractivity contribution in [3.8, 4) is 0 Å². The van der Waals surface area contributed by atoms with Gasteiger partial charge in [-0.15, -0.1) is 11.6 Å². The molecule has 0 fully saturated rings. The van der Waals surface area contributed by atoms with Gasteiger partial charge in [0.05, 0.1) is 0 Å². The molecule has 0 aliphatic heterocycles. The van der Waals surface area contributed by atoms with Crippen molar-refractivity contribution in [2.24, 2.45) is 0 Å². The Hall–Kier alpha value is 1.60. The molecule has 15 heavy (non-hydrogen) atoms. The van der Waals surface area contributed by atoms with Crippen LogP contribution in [0.2, 0.25) is 0 Å². The lowest BCUT2D eigenvalue weighted by molar-refractivity contribution is 0.156. The van der Waals surface area contributed by atoms with E-state index in [-0.39, 0.29) is 0 Å². The molecule has 0 spiro atoms. The van der Waals surface area contributed by atoms with E-state index in [9.17, 15) is 4.57 Å². The summed E-state index contributed by atoms with van der Waals surface area (Å²) < 4.78 is 18.3. The van der Waals surface area contributed by atoms with Crippen molar-refractivity contribution in [2.45, 2.75) is 34.9 Å². The van der Waals surface area contributed by atoms with Crippen molar-refractivity contribution in [3.05, 3.63) is 0 Å². The van der Waals surface area contributed by atoms with Crippen LogP contribution in [0.3, 0.4) is 0 Å². The van der Waals surface area contributed by atoms with Crippen LogP contribution in [-0.4, -0.2) is 14.2 Å². The van der Waals surface area contributed by atoms with Gasteiger partial charge in [0.15, 0.2) is 0 Å². The molecule has 3 nitrogen and oxygen atoms in total. The molecule has 0 bridgehead atoms. The fourth-order valence-corrected chi connectivity index (χ4v) is 3.23. The van der Waals surface area contributed by atoms with Gasteiger partial charge in [-0.25, -0.2) is 0 Å². The minimum atomic E-state index is -3.80. The Bertz CT molecular complexity index is 236. The van der Waals surface area contributed by atoms with Gasteiger partial charge in [0.2, 0.25) is 9.04 Å². The van der Waals surface area contributed by atoms with E-state index in [1.807, 2.05) is 0 Å². The van der Waals surface area contributed by atoms with Gasteiger partial charge in [0.1, 0.15) is 5.12 Å². The van der Waals surface area contributed by atoms with Crippen molar-refractivity contribution in [1.82, 2.24) is 0 Å². The Morgan fingerprint density at radius 1 is 1.07 bits per heavy atom. The third-order valence-corrected chi connectivity index (χ3v) is 4.58. The zero-order valence-electron chi connectivity index (χ0n) is 8.14. The van der Waals surface area contributed by atoms with Gasteiger partial charge in [-0.05, 0) is 20.8 Å². The van der Waals surface area contributed by atoms with Gasteiger partial charge in [-0.1, -0.05) is 46.4 Å². The molecule has 0 aromatic rings. The highest BCUT2D eigenvalue weighted by Gasteiger charge is 2.43. The van der Waals surface area contributed by atoms with Crippen LogP contribution in [0.25, 0.3) is 0 Å². The summed E-state index contributed by atoms with van der Waals surface area (Å²) in [7, 11) is -3.80. The first-order chi connectivity index (χ1) is 6.36. The number of hydrogen-bond acceptors (Lipinski definition) is 3. The lowest BCUT2D eigenvalue weighted by atomic mass is 10.9. The number of rotatable bonds is 5. The van der Waals surface area contributed by atoms with Crippen molar-refractivity contribution in [2.75, 3.05) is 0 Å². The smallest absolute Gasteiger partial charge is 0.270 e. The van der Waals surface area contributed by atoms with E-state index in [2.05, 4.69) is 0 Å². The highest BCUT2D eigenvalue weighted by molar-refractivity contribution is 7.56. The topological polar surface area (TPSA) is 35.5 Å². The molecule has 0 N–H and O–H groups in total. The second-order valence-corrected chi connectivity index (χ2v) is 9.36. The summed E-state index contributed by atoms with van der Waals surface area (Å²) in [4.78, 5) is 0. The van der Waals surface area contributed by atoms with Gasteiger partial charge in [0.25, 0.3) is 0 Å². The van der Waals surface area contributed by atoms with Crippen LogP contribution in [0.4, 0.5) is 0 Å². The number of alkyl halides is 5. The normalized spacial score (nSPS) is 16.5. The monoisotopic (exact) mass is 336 g/mol. The second-order valence-electron chi connectivity index (χ2n) is 2.91. The average molecular weight is 338 g/mol. The molecule has 0 aromatic carbocycles. The molecule has 0 saturated heterocycles. The fourth-order valence-electron chi connectivity index (χ4n) is 0.611. The highest BCUT2D eigenvalue weighted by Crippen LogP contribution is 2.61. The van der Waals surface area contributed by atoms with Crippen molar-refractivity contribution >= 4 is 65.6 Å². The summed E-state index contributed by atoms with van der Waals surface area (Å²) in [5.74, 6) is 0. The van der Waals surface area contributed by atoms with Gasteiger partial charge in [0, 0.05) is 0 Å². The molecule has 1 unspecified atom stereocenters. The molecule has 0 aliphatic rings. The maximum absolute atomic E-state index is 12.0. The lowest BCUT2D eigenvalue weighted by Crippen LogP contribution is -2.20. The Labute approximate surface area is 114 Å². The van der Waals surface area contributed by atoms with Gasteiger partial charge >= 0.3 is 7.60 Å². The summed E-state index contributed by atoms with van der Waals surface area (Å²) >= 11 is 27.8. The van der Waals surface area contributed by atoms with Crippen LogP contribution < -0.4 is 0 Å². The van der Waals surface area contributed by atoms with Crippen LogP contribution in [0, 0.1) is 0 Å². The first-order valence-corrected chi connectivity index (χ1v) is 7.33. The van der Waals surface area contributed by atoms with Crippen LogP contribution in [0.15, 0.2) is 0 Å². The molecule has 0 aliphatic carbocycles. The number of hydrogen-bond donors (Lipinski definition) is 0. The van der Waals surface area contributed by atoms with Gasteiger partial charge in [-0.3, -0.25) is 13.6 Å². The molecule has 9 heteroatoms. The Kier molecular flexibility index (Phi) is 6.08. The van der Waals surface area contributed by atoms with Gasteiger partial charge < -0.3 is 0 Å². The molecule has 0 radical (unpaired) electrons. The molecular formula is C6H10Cl5O3P. The summed E-state index contributed by atoms with van der Waals surface area (Å²) in [5, 5.41) is -0.994. The third kappa shape index (κ3) is 7.51. The summed E-state index contributed by atoms with van der Waals surface area (Å²) in [6, 6.07) is 0. The van der Waals surface area contributed by atoms with Crippen LogP contribution in [-0.2, 0) is 13.6 Å². The molecule has 0 rings (SSSR count). The van der Waals surface area contributed by atoms with Crippen molar-refractivity contribution < 1.29 is 13.6 Å². The van der Waals surface area contributed by atoms with E-state index in [4.69, 9.17) is 67.1 Å². The predicted molar refractivity (Wildman–Crippen MR) is 65.3 cm³/mol. The maximum Gasteiger partial charge on any atom is 0.353 e. The molecule has 92 valence electrons. The van der Waals surface area contributed by atoms with E-state index in [0.717, 1.165) is 0 Å². The zero-order chi connectivity index (χ0) is 12.5. The van der Waals surface area contributed by atoms with Crippen LogP contribution in [0.5, 0.6) is 0 Å². The van der Waals surface area contributed by atoms with E-state index < -0.39 is 21.8 Å². The van der Waals surface area contributed by atoms with Crippen LogP contribution in [0.1, 0.15) is 20.8 Å². The molecule has 1 atom stereocenters. The average Bonchev–Trinajstić information content (AvgIpc) is 1.75. The first kappa shape index (κ1) is 16.6.